The van der Waals surface area contributed by atoms with Gasteiger partial charge in [-0.05, 0) is 76.5 Å². The van der Waals surface area contributed by atoms with E-state index in [9.17, 15) is 0 Å². The van der Waals surface area contributed by atoms with E-state index in [2.05, 4.69) is 48.5 Å². The molecular formula is C20H24BN3O2. The first-order valence-electron chi connectivity index (χ1n) is 8.40. The number of nitrogens with zero attached hydrogens (tertiary/aromatic N) is 3. The van der Waals surface area contributed by atoms with E-state index in [0.29, 0.717) is 0 Å². The van der Waals surface area contributed by atoms with Gasteiger partial charge in [0.2, 0.25) is 0 Å². The normalized spacial score (nSPS) is 11.2. The number of hydrogen-bond donors (Lipinski definition) is 1. The Labute approximate surface area is 155 Å². The largest absolute Gasteiger partial charge is 0.483 e. The van der Waals surface area contributed by atoms with Crippen molar-refractivity contribution < 1.29 is 9.90 Å². The van der Waals surface area contributed by atoms with Crippen molar-refractivity contribution >= 4 is 30.9 Å². The molecule has 0 aromatic carbocycles. The molecule has 0 saturated carbocycles. The van der Waals surface area contributed by atoms with Crippen LogP contribution in [-0.2, 0) is 10.3 Å². The summed E-state index contributed by atoms with van der Waals surface area (Å²) >= 11 is 0. The summed E-state index contributed by atoms with van der Waals surface area (Å²) in [6.45, 7) is 12.3. The lowest BCUT2D eigenvalue weighted by Crippen LogP contribution is -2.32. The van der Waals surface area contributed by atoms with E-state index in [-0.39, 0.29) is 12.0 Å². The molecule has 134 valence electrons. The minimum Gasteiger partial charge on any atom is -0.483 e. The highest BCUT2D eigenvalue weighted by molar-refractivity contribution is 6.34. The summed E-state index contributed by atoms with van der Waals surface area (Å²) in [4.78, 5) is 17.5. The maximum Gasteiger partial charge on any atom is 0.290 e. The highest BCUT2D eigenvalue weighted by atomic mass is 16.3. The molecule has 0 amide bonds. The average Bonchev–Trinajstić information content (AvgIpc) is 2.78. The first-order valence-corrected chi connectivity index (χ1v) is 8.40. The lowest BCUT2D eigenvalue weighted by atomic mass is 9.97. The van der Waals surface area contributed by atoms with Gasteiger partial charge >= 0.3 is 0 Å². The van der Waals surface area contributed by atoms with E-state index in [4.69, 9.17) is 22.7 Å². The van der Waals surface area contributed by atoms with Crippen LogP contribution in [-0.4, -0.2) is 34.0 Å². The van der Waals surface area contributed by atoms with Crippen LogP contribution in [0.1, 0.15) is 37.7 Å². The summed E-state index contributed by atoms with van der Waals surface area (Å²) in [7, 11) is 6.35. The van der Waals surface area contributed by atoms with Gasteiger partial charge in [0.05, 0.1) is 11.0 Å². The zero-order valence-corrected chi connectivity index (χ0v) is 16.2. The Morgan fingerprint density at radius 1 is 1.08 bits per heavy atom. The predicted octanol–water partition coefficient (Wildman–Crippen LogP) is 3.27. The van der Waals surface area contributed by atoms with Crippen molar-refractivity contribution in [2.75, 3.05) is 0 Å². The lowest BCUT2D eigenvalue weighted by molar-refractivity contribution is -0.122. The third kappa shape index (κ3) is 3.79. The van der Waals surface area contributed by atoms with Gasteiger partial charge in [0, 0.05) is 28.7 Å². The van der Waals surface area contributed by atoms with Crippen LogP contribution in [0.25, 0.3) is 22.2 Å². The molecule has 0 aliphatic carbocycles. The van der Waals surface area contributed by atoms with Crippen molar-refractivity contribution in [2.24, 2.45) is 0 Å². The van der Waals surface area contributed by atoms with Crippen molar-refractivity contribution in [3.05, 3.63) is 41.3 Å². The van der Waals surface area contributed by atoms with Gasteiger partial charge in [0.1, 0.15) is 7.85 Å². The Morgan fingerprint density at radius 2 is 1.62 bits per heavy atom. The molecule has 0 bridgehead atoms. The van der Waals surface area contributed by atoms with Crippen molar-refractivity contribution in [1.29, 1.82) is 0 Å². The number of carbonyl (C=O) groups is 1. The Balaban J connectivity index is 0.000000758. The van der Waals surface area contributed by atoms with Gasteiger partial charge in [-0.25, -0.2) is 0 Å². The first-order chi connectivity index (χ1) is 12.1. The summed E-state index contributed by atoms with van der Waals surface area (Å²) in [5.41, 5.74) is 8.06. The standard InChI is InChI=1S/C19H22BN3.CH2O2/c1-11-7-14(8-12(2)22-11)15-9-16-17(21-10-15)13(3)18(20)23(16)19(4,5)6;2-1-3/h7-10H,1-6H3;1H,(H,2,3). The molecule has 0 aliphatic heterocycles. The second-order valence-electron chi connectivity index (χ2n) is 7.35. The van der Waals surface area contributed by atoms with Crippen LogP contribution in [0.2, 0.25) is 0 Å². The quantitative estimate of drug-likeness (QED) is 0.541. The van der Waals surface area contributed by atoms with Gasteiger partial charge in [0.25, 0.3) is 6.47 Å². The van der Waals surface area contributed by atoms with Gasteiger partial charge in [-0.15, -0.1) is 0 Å². The molecule has 2 radical (unpaired) electrons. The number of aromatic nitrogens is 3. The molecule has 0 unspecified atom stereocenters. The minimum absolute atomic E-state index is 0.0963. The fourth-order valence-corrected chi connectivity index (χ4v) is 3.21. The Kier molecular flexibility index (Phi) is 5.54. The fourth-order valence-electron chi connectivity index (χ4n) is 3.21. The van der Waals surface area contributed by atoms with Crippen LogP contribution < -0.4 is 5.59 Å². The number of fused-ring (bicyclic) bond motifs is 1. The Morgan fingerprint density at radius 3 is 2.12 bits per heavy atom. The second kappa shape index (κ2) is 7.32. The first kappa shape index (κ1) is 19.7. The highest BCUT2D eigenvalue weighted by Crippen LogP contribution is 2.28. The van der Waals surface area contributed by atoms with Gasteiger partial charge in [-0.3, -0.25) is 14.8 Å². The molecule has 3 aromatic heterocycles. The smallest absolute Gasteiger partial charge is 0.290 e. The Hall–Kier alpha value is -2.63. The molecule has 0 saturated heterocycles. The number of pyridine rings is 2. The number of aryl methyl sites for hydroxylation is 3. The van der Waals surface area contributed by atoms with Gasteiger partial charge in [-0.1, -0.05) is 0 Å². The fraction of sp³-hybridized carbons (Fsp3) is 0.350. The summed E-state index contributed by atoms with van der Waals surface area (Å²) < 4.78 is 2.18. The molecule has 0 fully saturated rings. The molecule has 5 nitrogen and oxygen atoms in total. The molecule has 0 aliphatic rings. The molecule has 26 heavy (non-hydrogen) atoms. The van der Waals surface area contributed by atoms with E-state index in [1.54, 1.807) is 0 Å². The highest BCUT2D eigenvalue weighted by Gasteiger charge is 2.21. The molecular weight excluding hydrogens is 325 g/mol. The predicted molar refractivity (Wildman–Crippen MR) is 106 cm³/mol. The minimum atomic E-state index is -0.250. The van der Waals surface area contributed by atoms with Gasteiger partial charge in [-0.2, -0.15) is 0 Å². The molecule has 3 aromatic rings. The molecule has 6 heteroatoms. The van der Waals surface area contributed by atoms with Crippen LogP contribution in [0.4, 0.5) is 0 Å². The number of hydrogen-bond acceptors (Lipinski definition) is 3. The number of carboxylic acid groups (broad SMARTS) is 1. The van der Waals surface area contributed by atoms with Crippen LogP contribution in [0.15, 0.2) is 24.4 Å². The molecule has 3 heterocycles. The van der Waals surface area contributed by atoms with E-state index >= 15 is 0 Å². The van der Waals surface area contributed by atoms with Crippen molar-refractivity contribution in [2.45, 2.75) is 47.1 Å². The molecule has 0 atom stereocenters. The van der Waals surface area contributed by atoms with Crippen molar-refractivity contribution in [3.8, 4) is 11.1 Å². The summed E-state index contributed by atoms with van der Waals surface area (Å²) in [6.07, 6.45) is 1.93. The maximum absolute atomic E-state index is 8.36. The van der Waals surface area contributed by atoms with E-state index < -0.39 is 0 Å². The van der Waals surface area contributed by atoms with Gasteiger partial charge in [0.15, 0.2) is 0 Å². The summed E-state index contributed by atoms with van der Waals surface area (Å²) in [6, 6.07) is 6.37. The lowest BCUT2D eigenvalue weighted by Gasteiger charge is -2.25. The average molecular weight is 349 g/mol. The molecule has 1 N–H and O–H groups in total. The summed E-state index contributed by atoms with van der Waals surface area (Å²) in [5.74, 6) is 0. The monoisotopic (exact) mass is 349 g/mol. The zero-order chi connectivity index (χ0) is 19.6. The van der Waals surface area contributed by atoms with Crippen LogP contribution in [0, 0.1) is 20.8 Å². The number of rotatable bonds is 1. The van der Waals surface area contributed by atoms with Crippen molar-refractivity contribution in [3.63, 3.8) is 0 Å². The Bertz CT molecular complexity index is 936. The molecule has 3 rings (SSSR count). The molecule has 0 spiro atoms. The maximum atomic E-state index is 8.36. The zero-order valence-electron chi connectivity index (χ0n) is 16.2. The third-order valence-corrected chi connectivity index (χ3v) is 4.17. The van der Waals surface area contributed by atoms with Crippen LogP contribution in [0.3, 0.4) is 0 Å². The third-order valence-electron chi connectivity index (χ3n) is 4.17. The van der Waals surface area contributed by atoms with Crippen LogP contribution in [0.5, 0.6) is 0 Å². The second-order valence-corrected chi connectivity index (χ2v) is 7.35. The van der Waals surface area contributed by atoms with E-state index in [1.165, 1.54) is 0 Å². The van der Waals surface area contributed by atoms with Crippen LogP contribution >= 0.6 is 0 Å². The van der Waals surface area contributed by atoms with E-state index in [1.807, 2.05) is 27.0 Å². The van der Waals surface area contributed by atoms with E-state index in [0.717, 1.165) is 44.7 Å². The van der Waals surface area contributed by atoms with Gasteiger partial charge < -0.3 is 9.67 Å². The SMILES string of the molecule is O=CO.[B]c1c(C)c2ncc(-c3cc(C)nc(C)c3)cc2n1C(C)(C)C. The van der Waals surface area contributed by atoms with Crippen molar-refractivity contribution in [1.82, 2.24) is 14.5 Å². The topological polar surface area (TPSA) is 68.0 Å². The summed E-state index contributed by atoms with van der Waals surface area (Å²) in [5, 5.41) is 6.89.